The Morgan fingerprint density at radius 2 is 0.983 bits per heavy atom. The molecule has 12 rings (SSSR count). The first-order valence-electron chi connectivity index (χ1n) is 20.2. The Morgan fingerprint density at radius 1 is 0.356 bits per heavy atom. The van der Waals surface area contributed by atoms with Gasteiger partial charge in [-0.3, -0.25) is 0 Å². The first-order valence-corrected chi connectivity index (χ1v) is 20.2. The molecule has 0 spiro atoms. The molecule has 0 atom stereocenters. The van der Waals surface area contributed by atoms with Crippen LogP contribution >= 0.6 is 0 Å². The van der Waals surface area contributed by atoms with Crippen LogP contribution in [0, 0.1) is 0 Å². The van der Waals surface area contributed by atoms with Crippen LogP contribution in [-0.2, 0) is 0 Å². The summed E-state index contributed by atoms with van der Waals surface area (Å²) in [4.78, 5) is 2.33. The van der Waals surface area contributed by atoms with Gasteiger partial charge in [0, 0.05) is 44.0 Å². The molecule has 0 aliphatic carbocycles. The number of hydrogen-bond donors (Lipinski definition) is 0. The van der Waals surface area contributed by atoms with E-state index < -0.39 is 0 Å². The molecule has 3 nitrogen and oxygen atoms in total. The maximum Gasteiger partial charge on any atom is 0.159 e. The monoisotopic (exact) mass is 752 g/mol. The third-order valence-electron chi connectivity index (χ3n) is 11.9. The van der Waals surface area contributed by atoms with E-state index in [0.29, 0.717) is 0 Å². The predicted molar refractivity (Wildman–Crippen MR) is 249 cm³/mol. The van der Waals surface area contributed by atoms with E-state index in [1.54, 1.807) is 0 Å². The first kappa shape index (κ1) is 33.3. The summed E-state index contributed by atoms with van der Waals surface area (Å²) in [6.07, 6.45) is 0. The van der Waals surface area contributed by atoms with E-state index in [4.69, 9.17) is 4.42 Å². The van der Waals surface area contributed by atoms with Gasteiger partial charge in [0.1, 0.15) is 5.58 Å². The van der Waals surface area contributed by atoms with Gasteiger partial charge in [-0.15, -0.1) is 0 Å². The molecule has 12 aromatic rings. The molecule has 0 bridgehead atoms. The minimum Gasteiger partial charge on any atom is -0.454 e. The van der Waals surface area contributed by atoms with Crippen LogP contribution in [0.15, 0.2) is 223 Å². The number of fused-ring (bicyclic) bond motifs is 9. The van der Waals surface area contributed by atoms with Crippen LogP contribution in [0.1, 0.15) is 0 Å². The number of anilines is 3. The molecule has 0 unspecified atom stereocenters. The average Bonchev–Trinajstić information content (AvgIpc) is 3.86. The van der Waals surface area contributed by atoms with Crippen molar-refractivity contribution in [2.24, 2.45) is 0 Å². The SMILES string of the molecule is c1ccc(-c2ccc3oc4c(N(c5ccc(-c6ccc7c8ccc9ccccc9c8n(-c8ccccc8)c7c6)cc5)c5ccc6ccccc6c5)cccc4c3c2)cc1. The van der Waals surface area contributed by atoms with Crippen molar-refractivity contribution in [1.82, 2.24) is 4.57 Å². The molecule has 0 fully saturated rings. The number of aromatic nitrogens is 1. The second-order valence-electron chi connectivity index (χ2n) is 15.3. The summed E-state index contributed by atoms with van der Waals surface area (Å²) in [5, 5.41) is 9.58. The van der Waals surface area contributed by atoms with Crippen molar-refractivity contribution >= 4 is 82.4 Å². The third-order valence-corrected chi connectivity index (χ3v) is 11.9. The normalized spacial score (nSPS) is 11.7. The standard InChI is InChI=1S/C56H36N2O/c1-3-12-37(13-4-1)42-27-33-54-51(35-42)50-20-11-21-52(56(50)59-54)57(46-30-24-38-14-7-8-16-41(38)34-46)45-28-22-39(23-29-45)43-26-31-48-49-32-25-40-15-9-10-19-47(40)55(49)58(53(48)36-43)44-17-5-2-6-18-44/h1-36H. The van der Waals surface area contributed by atoms with E-state index in [9.17, 15) is 0 Å². The maximum absolute atomic E-state index is 6.78. The Labute approximate surface area is 341 Å². The minimum atomic E-state index is 0.858. The number of furan rings is 1. The topological polar surface area (TPSA) is 21.3 Å². The molecule has 0 aliphatic rings. The van der Waals surface area contributed by atoms with Crippen molar-refractivity contribution < 1.29 is 4.42 Å². The molecule has 2 aromatic heterocycles. The summed E-state index contributed by atoms with van der Waals surface area (Å²) < 4.78 is 9.21. The number of hydrogen-bond acceptors (Lipinski definition) is 2. The molecular formula is C56H36N2O. The van der Waals surface area contributed by atoms with Crippen molar-refractivity contribution in [2.75, 3.05) is 4.90 Å². The zero-order valence-corrected chi connectivity index (χ0v) is 32.1. The average molecular weight is 753 g/mol. The van der Waals surface area contributed by atoms with E-state index >= 15 is 0 Å². The molecule has 0 amide bonds. The predicted octanol–water partition coefficient (Wildman–Crippen LogP) is 15.8. The lowest BCUT2D eigenvalue weighted by molar-refractivity contribution is 0.669. The van der Waals surface area contributed by atoms with Gasteiger partial charge < -0.3 is 13.9 Å². The lowest BCUT2D eigenvalue weighted by Gasteiger charge is -2.26. The smallest absolute Gasteiger partial charge is 0.159 e. The van der Waals surface area contributed by atoms with Crippen molar-refractivity contribution in [2.45, 2.75) is 0 Å². The van der Waals surface area contributed by atoms with Gasteiger partial charge in [0.25, 0.3) is 0 Å². The molecule has 0 radical (unpaired) electrons. The van der Waals surface area contributed by atoms with Crippen molar-refractivity contribution in [1.29, 1.82) is 0 Å². The van der Waals surface area contributed by atoms with Gasteiger partial charge in [0.15, 0.2) is 5.58 Å². The quantitative estimate of drug-likeness (QED) is 0.169. The van der Waals surface area contributed by atoms with Crippen LogP contribution in [-0.4, -0.2) is 4.57 Å². The van der Waals surface area contributed by atoms with Gasteiger partial charge in [-0.1, -0.05) is 158 Å². The fraction of sp³-hybridized carbons (Fsp3) is 0. The molecule has 0 aliphatic heterocycles. The van der Waals surface area contributed by atoms with E-state index in [1.165, 1.54) is 60.0 Å². The Bertz CT molecular complexity index is 3540. The van der Waals surface area contributed by atoms with Gasteiger partial charge in [-0.05, 0) is 99.1 Å². The van der Waals surface area contributed by atoms with Crippen LogP contribution in [0.4, 0.5) is 17.1 Å². The lowest BCUT2D eigenvalue weighted by Crippen LogP contribution is -2.10. The summed E-state index contributed by atoms with van der Waals surface area (Å²) in [5.41, 5.74) is 13.1. The van der Waals surface area contributed by atoms with Crippen LogP contribution in [0.3, 0.4) is 0 Å². The van der Waals surface area contributed by atoms with E-state index in [0.717, 1.165) is 50.3 Å². The minimum absolute atomic E-state index is 0.858. The molecule has 59 heavy (non-hydrogen) atoms. The molecule has 10 aromatic carbocycles. The second-order valence-corrected chi connectivity index (χ2v) is 15.3. The Hall–Kier alpha value is -7.88. The molecular weight excluding hydrogens is 717 g/mol. The van der Waals surface area contributed by atoms with Gasteiger partial charge >= 0.3 is 0 Å². The Morgan fingerprint density at radius 3 is 1.83 bits per heavy atom. The zero-order valence-electron chi connectivity index (χ0n) is 32.1. The molecule has 0 saturated carbocycles. The van der Waals surface area contributed by atoms with Crippen LogP contribution in [0.2, 0.25) is 0 Å². The maximum atomic E-state index is 6.78. The molecule has 3 heteroatoms. The van der Waals surface area contributed by atoms with Crippen molar-refractivity contribution in [3.63, 3.8) is 0 Å². The number of nitrogens with zero attached hydrogens (tertiary/aromatic N) is 2. The summed E-state index contributed by atoms with van der Waals surface area (Å²) >= 11 is 0. The highest BCUT2D eigenvalue weighted by Gasteiger charge is 2.21. The summed E-state index contributed by atoms with van der Waals surface area (Å²) in [5.74, 6) is 0. The fourth-order valence-electron chi connectivity index (χ4n) is 9.12. The largest absolute Gasteiger partial charge is 0.454 e. The van der Waals surface area contributed by atoms with E-state index in [-0.39, 0.29) is 0 Å². The molecule has 0 N–H and O–H groups in total. The molecule has 276 valence electrons. The molecule has 0 saturated heterocycles. The van der Waals surface area contributed by atoms with E-state index in [1.807, 2.05) is 0 Å². The second kappa shape index (κ2) is 13.4. The van der Waals surface area contributed by atoms with E-state index in [2.05, 4.69) is 228 Å². The molecule has 2 heterocycles. The first-order chi connectivity index (χ1) is 29.2. The van der Waals surface area contributed by atoms with Crippen LogP contribution in [0.25, 0.3) is 93.2 Å². The third kappa shape index (κ3) is 5.44. The number of para-hydroxylation sites is 2. The van der Waals surface area contributed by atoms with Gasteiger partial charge in [-0.25, -0.2) is 0 Å². The van der Waals surface area contributed by atoms with Crippen molar-refractivity contribution in [3.05, 3.63) is 218 Å². The Balaban J connectivity index is 1.01. The highest BCUT2D eigenvalue weighted by molar-refractivity contribution is 6.19. The summed E-state index contributed by atoms with van der Waals surface area (Å²) in [6.45, 7) is 0. The van der Waals surface area contributed by atoms with Gasteiger partial charge in [0.2, 0.25) is 0 Å². The zero-order chi connectivity index (χ0) is 38.9. The highest BCUT2D eigenvalue weighted by Crippen LogP contribution is 2.44. The summed E-state index contributed by atoms with van der Waals surface area (Å²) in [7, 11) is 0. The Kier molecular flexibility index (Phi) is 7.54. The lowest BCUT2D eigenvalue weighted by atomic mass is 10.0. The fourth-order valence-corrected chi connectivity index (χ4v) is 9.12. The summed E-state index contributed by atoms with van der Waals surface area (Å²) in [6, 6.07) is 78.6. The van der Waals surface area contributed by atoms with Crippen LogP contribution in [0.5, 0.6) is 0 Å². The number of benzene rings is 10. The van der Waals surface area contributed by atoms with Crippen molar-refractivity contribution in [3.8, 4) is 27.9 Å². The number of rotatable bonds is 6. The van der Waals surface area contributed by atoms with Crippen LogP contribution < -0.4 is 4.90 Å². The van der Waals surface area contributed by atoms with Gasteiger partial charge in [0.05, 0.1) is 16.7 Å². The highest BCUT2D eigenvalue weighted by atomic mass is 16.3. The van der Waals surface area contributed by atoms with Gasteiger partial charge in [-0.2, -0.15) is 0 Å².